The number of nitrogens with zero attached hydrogens (tertiary/aromatic N) is 4. The first-order chi connectivity index (χ1) is 40.8. The molecule has 450 valence electrons. The van der Waals surface area contributed by atoms with Crippen molar-refractivity contribution in [2.75, 3.05) is 56.4 Å². The molecule has 85 heavy (non-hydrogen) atoms. The van der Waals surface area contributed by atoms with Crippen molar-refractivity contribution in [1.82, 2.24) is 15.1 Å². The van der Waals surface area contributed by atoms with Crippen molar-refractivity contribution in [3.05, 3.63) is 143 Å². The average Bonchev–Trinajstić information content (AvgIpc) is 1.71. The largest absolute Gasteiger partial charge is 0.493 e. The number of aliphatic hydroxyl groups is 1. The molecule has 2 N–H and O–H groups in total. The summed E-state index contributed by atoms with van der Waals surface area (Å²) in [7, 11) is 1.50. The van der Waals surface area contributed by atoms with Crippen molar-refractivity contribution < 1.29 is 67.1 Å². The highest BCUT2D eigenvalue weighted by Gasteiger charge is 2.58. The van der Waals surface area contributed by atoms with E-state index in [1.807, 2.05) is 58.2 Å². The number of hydrogen-bond acceptors (Lipinski definition) is 14. The van der Waals surface area contributed by atoms with Crippen molar-refractivity contribution in [2.24, 2.45) is 17.3 Å². The second-order valence-corrected chi connectivity index (χ2v) is 23.2. The van der Waals surface area contributed by atoms with E-state index in [-0.39, 0.29) is 104 Å². The van der Waals surface area contributed by atoms with Crippen molar-refractivity contribution in [3.8, 4) is 17.2 Å². The monoisotopic (exact) mass is 1160 g/mol. The van der Waals surface area contributed by atoms with Crippen LogP contribution in [0.1, 0.15) is 121 Å². The fourth-order valence-corrected chi connectivity index (χ4v) is 11.6. The first kappa shape index (κ1) is 61.1. The lowest BCUT2D eigenvalue weighted by molar-refractivity contribution is -0.146. The molecule has 4 aromatic rings. The van der Waals surface area contributed by atoms with E-state index < -0.39 is 48.3 Å². The van der Waals surface area contributed by atoms with E-state index >= 15 is 0 Å². The van der Waals surface area contributed by atoms with E-state index in [0.717, 1.165) is 29.5 Å². The molecule has 4 heterocycles. The lowest BCUT2D eigenvalue weighted by atomic mass is 9.91. The summed E-state index contributed by atoms with van der Waals surface area (Å²) < 4.78 is 34.9. The molecule has 19 heteroatoms. The molecule has 4 aliphatic heterocycles. The number of ketones is 1. The van der Waals surface area contributed by atoms with Crippen LogP contribution in [-0.2, 0) is 41.6 Å². The number of carbonyl (C=O) groups excluding carboxylic acids is 7. The zero-order chi connectivity index (χ0) is 60.7. The minimum atomic E-state index is -1.41. The molecule has 1 spiro atoms. The summed E-state index contributed by atoms with van der Waals surface area (Å²) in [6, 6.07) is 19.8. The minimum Gasteiger partial charge on any atom is -0.493 e. The van der Waals surface area contributed by atoms with Crippen molar-refractivity contribution >= 4 is 58.6 Å². The second-order valence-electron chi connectivity index (χ2n) is 23.2. The fourth-order valence-electron chi connectivity index (χ4n) is 11.6. The molecule has 9 rings (SSSR count). The summed E-state index contributed by atoms with van der Waals surface area (Å²) in [5.74, 6) is -1.48. The van der Waals surface area contributed by atoms with Gasteiger partial charge in [-0.25, -0.2) is 14.5 Å². The van der Waals surface area contributed by atoms with Gasteiger partial charge in [0.05, 0.1) is 79.8 Å². The summed E-state index contributed by atoms with van der Waals surface area (Å²) in [5, 5.41) is 14.9. The number of unbranched alkanes of at least 4 members (excludes halogenated alkanes) is 2. The lowest BCUT2D eigenvalue weighted by Gasteiger charge is -2.31. The number of fused-ring (bicyclic) bond motifs is 4. The summed E-state index contributed by atoms with van der Waals surface area (Å²) >= 11 is 0. The highest BCUT2D eigenvalue weighted by Crippen LogP contribution is 2.57. The number of nitrogens with one attached hydrogen (secondary N) is 1. The van der Waals surface area contributed by atoms with Gasteiger partial charge in [0.2, 0.25) is 5.91 Å². The number of Topliss-reactive ketones (excluding diaryl/α,β-unsaturated/α-hetero) is 1. The van der Waals surface area contributed by atoms with E-state index in [4.69, 9.17) is 28.4 Å². The third kappa shape index (κ3) is 13.9. The first-order valence-electron chi connectivity index (χ1n) is 29.2. The van der Waals surface area contributed by atoms with Gasteiger partial charge in [0, 0.05) is 31.3 Å². The predicted octanol–water partition coefficient (Wildman–Crippen LogP) is 9.82. The van der Waals surface area contributed by atoms with Gasteiger partial charge in [-0.3, -0.25) is 28.9 Å². The summed E-state index contributed by atoms with van der Waals surface area (Å²) in [5.41, 5.74) is 6.03. The molecular weight excluding hydrogens is 1090 g/mol. The maximum Gasteiger partial charge on any atom is 0.416 e. The number of amides is 5. The van der Waals surface area contributed by atoms with Crippen LogP contribution >= 0.6 is 0 Å². The maximum absolute atomic E-state index is 14.4. The third-order valence-corrected chi connectivity index (χ3v) is 16.7. The number of aryl methyl sites for hydroxylation is 2. The van der Waals surface area contributed by atoms with Crippen LogP contribution in [0.3, 0.4) is 0 Å². The topological polar surface area (TPSA) is 220 Å². The van der Waals surface area contributed by atoms with E-state index in [9.17, 15) is 38.7 Å². The Morgan fingerprint density at radius 1 is 0.776 bits per heavy atom. The van der Waals surface area contributed by atoms with Gasteiger partial charge in [0.15, 0.2) is 23.5 Å². The van der Waals surface area contributed by atoms with Gasteiger partial charge < -0.3 is 48.6 Å². The summed E-state index contributed by atoms with van der Waals surface area (Å²) in [6.45, 7) is 17.4. The Kier molecular flexibility index (Phi) is 19.2. The van der Waals surface area contributed by atoms with E-state index in [2.05, 4.69) is 18.5 Å². The number of benzene rings is 4. The molecule has 1 unspecified atom stereocenters. The standard InChI is InChI=1S/C66H77N5O14/c1-9-24-83-59(73)32-49(40(3)4)60(74)67-43(7)55(72)29-44-16-18-45(19-17-44)38-85-65(79)71-53-34-56(42(6)28-50(53)62(76)70-39-66(22-23-66)35-54(70)63(71)77)81-26-12-11-13-27-82-58-33-52-51(31-57(58)80-8)61(75)68-36-47(46-20-14-41(5)15-21-46)30-48(68)37-69(52)64(78)84-25-10-2/h9-10,14-21,28,31,33-34,36,40,43,48-49,54,63,77H,1-2,11-13,22-27,29-30,32,35,37-39H2,3-8H3,(H,67,74)/t43-,48-,49-,54-,63?/m0/s1. The average molecular weight is 1160 g/mol. The van der Waals surface area contributed by atoms with Crippen LogP contribution in [0.15, 0.2) is 104 Å². The number of carbonyl (C=O) groups is 7. The first-order valence-corrected chi connectivity index (χ1v) is 29.2. The molecule has 0 bridgehead atoms. The molecule has 1 saturated heterocycles. The van der Waals surface area contributed by atoms with Crippen LogP contribution in [-0.4, -0.2) is 128 Å². The molecule has 5 aliphatic rings. The molecule has 5 amide bonds. The van der Waals surface area contributed by atoms with E-state index in [0.29, 0.717) is 78.3 Å². The van der Waals surface area contributed by atoms with Gasteiger partial charge >= 0.3 is 18.2 Å². The highest BCUT2D eigenvalue weighted by atomic mass is 16.6. The van der Waals surface area contributed by atoms with E-state index in [1.165, 1.54) is 29.1 Å². The Hall–Kier alpha value is -8.45. The van der Waals surface area contributed by atoms with Gasteiger partial charge in [-0.15, -0.1) is 0 Å². The Bertz CT molecular complexity index is 3240. The van der Waals surface area contributed by atoms with Crippen LogP contribution in [0.4, 0.5) is 21.0 Å². The minimum absolute atomic E-state index is 0.00913. The summed E-state index contributed by atoms with van der Waals surface area (Å²) in [4.78, 5) is 101. The highest BCUT2D eigenvalue weighted by molar-refractivity contribution is 6.07. The van der Waals surface area contributed by atoms with Gasteiger partial charge in [-0.2, -0.15) is 0 Å². The van der Waals surface area contributed by atoms with Crippen LogP contribution in [0.5, 0.6) is 17.2 Å². The van der Waals surface area contributed by atoms with Gasteiger partial charge in [-0.1, -0.05) is 93.3 Å². The van der Waals surface area contributed by atoms with Gasteiger partial charge in [0.25, 0.3) is 11.8 Å². The molecule has 2 fully saturated rings. The molecule has 5 atom stereocenters. The zero-order valence-electron chi connectivity index (χ0n) is 49.4. The van der Waals surface area contributed by atoms with Gasteiger partial charge in [0.1, 0.15) is 25.6 Å². The fraction of sp³-hybridized carbons (Fsp3) is 0.439. The Labute approximate surface area is 496 Å². The Morgan fingerprint density at radius 3 is 2.11 bits per heavy atom. The van der Waals surface area contributed by atoms with Crippen molar-refractivity contribution in [1.29, 1.82) is 0 Å². The molecule has 4 aromatic carbocycles. The second kappa shape index (κ2) is 26.6. The van der Waals surface area contributed by atoms with Crippen LogP contribution < -0.4 is 29.3 Å². The van der Waals surface area contributed by atoms with Crippen LogP contribution in [0.25, 0.3) is 5.57 Å². The number of anilines is 2. The Balaban J connectivity index is 0.819. The smallest absolute Gasteiger partial charge is 0.416 e. The van der Waals surface area contributed by atoms with E-state index in [1.54, 1.807) is 65.3 Å². The van der Waals surface area contributed by atoms with Crippen LogP contribution in [0, 0.1) is 31.1 Å². The molecular formula is C66H77N5O14. The maximum atomic E-state index is 14.4. The number of aliphatic hydroxyl groups excluding tert-OH is 1. The number of hydrogen-bond donors (Lipinski definition) is 2. The van der Waals surface area contributed by atoms with Gasteiger partial charge in [-0.05, 0) is 117 Å². The quantitative estimate of drug-likeness (QED) is 0.0289. The normalized spacial score (nSPS) is 18.8. The number of esters is 1. The third-order valence-electron chi connectivity index (χ3n) is 16.7. The molecule has 1 aliphatic carbocycles. The number of ether oxygens (including phenoxy) is 6. The van der Waals surface area contributed by atoms with Crippen molar-refractivity contribution in [2.45, 2.75) is 123 Å². The molecule has 0 radical (unpaired) electrons. The molecule has 1 saturated carbocycles. The number of rotatable bonds is 24. The molecule has 19 nitrogen and oxygen atoms in total. The predicted molar refractivity (Wildman–Crippen MR) is 318 cm³/mol. The van der Waals surface area contributed by atoms with Crippen molar-refractivity contribution in [3.63, 3.8) is 0 Å². The molecule has 0 aromatic heterocycles. The summed E-state index contributed by atoms with van der Waals surface area (Å²) in [6.07, 6.45) is 6.67. The number of methoxy groups -OCH3 is 1. The Morgan fingerprint density at radius 2 is 1.44 bits per heavy atom. The lowest BCUT2D eigenvalue weighted by Crippen LogP contribution is -2.50. The SMILES string of the molecule is C=CCOC(=O)C[C@H](C(=O)N[C@@H](C)C(=O)Cc1ccc(COC(=O)N2c3cc(OCCCCCOc4cc5c(cc4OC)C(=O)N4C=C(c6ccc(C)cc6)C[C@H]4CN5C(=O)OCC=C)c(C)cc3C(=O)N3CC4(CC4)C[C@H]3C2O)cc1)C(C)C. The van der Waals surface area contributed by atoms with Crippen LogP contribution in [0.2, 0.25) is 0 Å². The zero-order valence-corrected chi connectivity index (χ0v) is 49.4.